The molecular formula is C9H20FKO3S. The minimum absolute atomic E-state index is 0. The van der Waals surface area contributed by atoms with Crippen molar-refractivity contribution in [2.24, 2.45) is 0 Å². The molecule has 0 aromatic carbocycles. The van der Waals surface area contributed by atoms with Gasteiger partial charge in [-0.05, 0) is 10.9 Å². The first kappa shape index (κ1) is 18.8. The first-order valence-electron chi connectivity index (χ1n) is 5.15. The van der Waals surface area contributed by atoms with E-state index in [-0.39, 0.29) is 58.6 Å². The Morgan fingerprint density at radius 2 is 1.53 bits per heavy atom. The van der Waals surface area contributed by atoms with Crippen LogP contribution in [-0.2, 0) is 14.5 Å². The van der Waals surface area contributed by atoms with Gasteiger partial charge in [-0.1, -0.05) is 49.8 Å². The van der Waals surface area contributed by atoms with E-state index in [2.05, 4.69) is 11.3 Å². The Bertz CT molecular complexity index is 225. The average Bonchev–Trinajstić information content (AvgIpc) is 2.16. The van der Waals surface area contributed by atoms with Crippen LogP contribution >= 0.6 is 0 Å². The molecule has 0 aromatic heterocycles. The first-order valence-corrected chi connectivity index (χ1v) is 6.73. The van der Waals surface area contributed by atoms with E-state index in [0.29, 0.717) is 6.42 Å². The summed E-state index contributed by atoms with van der Waals surface area (Å²) in [7, 11) is -3.88. The van der Waals surface area contributed by atoms with E-state index in [9.17, 15) is 12.9 Å². The number of hydrogen-bond donors (Lipinski definition) is 0. The smallest absolute Gasteiger partial charge is 1.00 e. The normalized spacial score (nSPS) is 11.1. The summed E-state index contributed by atoms with van der Waals surface area (Å²) in [6, 6.07) is 0. The van der Waals surface area contributed by atoms with E-state index >= 15 is 0 Å². The van der Waals surface area contributed by atoms with E-state index < -0.39 is 10.1 Å². The van der Waals surface area contributed by atoms with Crippen LogP contribution in [-0.4, -0.2) is 14.2 Å². The van der Waals surface area contributed by atoms with Crippen molar-refractivity contribution in [3.05, 3.63) is 0 Å². The first-order chi connectivity index (χ1) is 6.62. The molecule has 0 aromatic rings. The van der Waals surface area contributed by atoms with Gasteiger partial charge in [-0.15, -0.1) is 0 Å². The van der Waals surface area contributed by atoms with Crippen LogP contribution in [0.4, 0.5) is 4.53 Å². The Balaban J connectivity index is -0.000000845. The molecule has 0 fully saturated rings. The van der Waals surface area contributed by atoms with Gasteiger partial charge < -0.3 is 1.43 Å². The van der Waals surface area contributed by atoms with Crippen molar-refractivity contribution in [1.82, 2.24) is 0 Å². The van der Waals surface area contributed by atoms with Crippen molar-refractivity contribution >= 4 is 10.1 Å². The van der Waals surface area contributed by atoms with E-state index in [1.165, 1.54) is 19.3 Å². The second-order valence-corrected chi connectivity index (χ2v) is 5.10. The second kappa shape index (κ2) is 11.9. The molecule has 0 aliphatic rings. The molecule has 0 N–H and O–H groups in total. The van der Waals surface area contributed by atoms with Crippen LogP contribution in [0.3, 0.4) is 0 Å². The van der Waals surface area contributed by atoms with Gasteiger partial charge in [-0.25, -0.2) is 0 Å². The summed E-state index contributed by atoms with van der Waals surface area (Å²) in [5, 5.41) is 0. The fourth-order valence-electron chi connectivity index (χ4n) is 1.27. The second-order valence-electron chi connectivity index (χ2n) is 3.45. The SMILES string of the molecule is CCCCCCCCCS(=O)(=O)OF.[H-].[K+]. The molecule has 0 radical (unpaired) electrons. The molecule has 0 heterocycles. The van der Waals surface area contributed by atoms with Gasteiger partial charge in [0.2, 0.25) is 0 Å². The van der Waals surface area contributed by atoms with Gasteiger partial charge in [0.1, 0.15) is 0 Å². The van der Waals surface area contributed by atoms with Gasteiger partial charge in [-0.2, -0.15) is 8.42 Å². The van der Waals surface area contributed by atoms with Crippen molar-refractivity contribution < 1.29 is 70.1 Å². The predicted octanol–water partition coefficient (Wildman–Crippen LogP) is 0.0844. The topological polar surface area (TPSA) is 43.4 Å². The quantitative estimate of drug-likeness (QED) is 0.439. The molecule has 0 amide bonds. The molecule has 0 spiro atoms. The molecule has 0 aliphatic heterocycles. The maximum atomic E-state index is 11.4. The minimum atomic E-state index is -3.88. The largest absolute Gasteiger partial charge is 1.00 e. The summed E-state index contributed by atoms with van der Waals surface area (Å²) < 4.78 is 35.3. The molecule has 0 bridgehead atoms. The Morgan fingerprint density at radius 3 is 2.00 bits per heavy atom. The zero-order valence-corrected chi connectivity index (χ0v) is 13.6. The van der Waals surface area contributed by atoms with Crippen LogP contribution in [0.5, 0.6) is 0 Å². The Morgan fingerprint density at radius 1 is 1.07 bits per heavy atom. The zero-order chi connectivity index (χ0) is 10.9. The Kier molecular flexibility index (Phi) is 15.0. The van der Waals surface area contributed by atoms with Crippen LogP contribution < -0.4 is 51.4 Å². The monoisotopic (exact) mass is 266 g/mol. The molecule has 0 aliphatic carbocycles. The standard InChI is InChI=1S/C9H19FO3S.K.H/c1-2-3-4-5-6-7-8-9-14(11,12)13-10;;/h2-9H2,1H3;;/q;+1;-1. The average molecular weight is 266 g/mol. The number of unbranched alkanes of at least 4 members (excludes halogenated alkanes) is 6. The molecule has 88 valence electrons. The van der Waals surface area contributed by atoms with Crippen LogP contribution in [0.15, 0.2) is 0 Å². The van der Waals surface area contributed by atoms with Gasteiger partial charge in [0.25, 0.3) is 10.1 Å². The molecule has 0 saturated heterocycles. The Labute approximate surface area is 136 Å². The van der Waals surface area contributed by atoms with Crippen LogP contribution in [0, 0.1) is 0 Å². The fraction of sp³-hybridized carbons (Fsp3) is 1.00. The minimum Gasteiger partial charge on any atom is -1.00 e. The zero-order valence-electron chi connectivity index (χ0n) is 10.7. The summed E-state index contributed by atoms with van der Waals surface area (Å²) in [5.74, 6) is -0.211. The van der Waals surface area contributed by atoms with Gasteiger partial charge in [0, 0.05) is 0 Å². The van der Waals surface area contributed by atoms with E-state index in [0.717, 1.165) is 19.3 Å². The number of hydrogen-bond acceptors (Lipinski definition) is 3. The van der Waals surface area contributed by atoms with Crippen LogP contribution in [0.2, 0.25) is 0 Å². The van der Waals surface area contributed by atoms with Gasteiger partial charge >= 0.3 is 51.4 Å². The summed E-state index contributed by atoms with van der Waals surface area (Å²) in [5.41, 5.74) is 0. The number of halogens is 1. The van der Waals surface area contributed by atoms with Crippen molar-refractivity contribution in [2.45, 2.75) is 51.9 Å². The third-order valence-corrected chi connectivity index (χ3v) is 3.07. The summed E-state index contributed by atoms with van der Waals surface area (Å²) >= 11 is 0. The third-order valence-electron chi connectivity index (χ3n) is 2.09. The molecule has 0 atom stereocenters. The molecule has 3 nitrogen and oxygen atoms in total. The summed E-state index contributed by atoms with van der Waals surface area (Å²) in [6.45, 7) is 2.14. The molecular weight excluding hydrogens is 246 g/mol. The van der Waals surface area contributed by atoms with Gasteiger partial charge in [0.05, 0.1) is 5.75 Å². The molecule has 15 heavy (non-hydrogen) atoms. The maximum Gasteiger partial charge on any atom is 1.00 e. The van der Waals surface area contributed by atoms with Crippen LogP contribution in [0.25, 0.3) is 0 Å². The Hall–Kier alpha value is 1.48. The van der Waals surface area contributed by atoms with Crippen molar-refractivity contribution in [3.63, 3.8) is 0 Å². The molecule has 0 rings (SSSR count). The predicted molar refractivity (Wildman–Crippen MR) is 55.1 cm³/mol. The van der Waals surface area contributed by atoms with Crippen LogP contribution in [0.1, 0.15) is 53.3 Å². The van der Waals surface area contributed by atoms with Gasteiger partial charge in [0.15, 0.2) is 0 Å². The van der Waals surface area contributed by atoms with Crippen molar-refractivity contribution in [3.8, 4) is 0 Å². The molecule has 6 heteroatoms. The van der Waals surface area contributed by atoms with Gasteiger partial charge in [-0.3, -0.25) is 0 Å². The van der Waals surface area contributed by atoms with Crippen molar-refractivity contribution in [1.29, 1.82) is 0 Å². The van der Waals surface area contributed by atoms with E-state index in [4.69, 9.17) is 0 Å². The molecule has 0 unspecified atom stereocenters. The van der Waals surface area contributed by atoms with E-state index in [1.54, 1.807) is 0 Å². The maximum absolute atomic E-state index is 11.4. The fourth-order valence-corrected chi connectivity index (χ4v) is 1.89. The van der Waals surface area contributed by atoms with Crippen molar-refractivity contribution in [2.75, 3.05) is 5.75 Å². The molecule has 0 saturated carbocycles. The summed E-state index contributed by atoms with van der Waals surface area (Å²) in [4.78, 5) is 0. The number of rotatable bonds is 9. The summed E-state index contributed by atoms with van der Waals surface area (Å²) in [6.07, 6.45) is 7.08. The van der Waals surface area contributed by atoms with E-state index in [1.807, 2.05) is 0 Å². The third kappa shape index (κ3) is 13.4.